The van der Waals surface area contributed by atoms with Crippen LogP contribution in [0.2, 0.25) is 0 Å². The second-order valence-electron chi connectivity index (χ2n) is 14.5. The Morgan fingerprint density at radius 3 is 1.86 bits per heavy atom. The monoisotopic (exact) mass is 792 g/mol. The molecular weight excluding hydrogens is 727 g/mol. The van der Waals surface area contributed by atoms with E-state index in [-0.39, 0.29) is 12.1 Å². The molecule has 6 rings (SSSR count). The van der Waals surface area contributed by atoms with Gasteiger partial charge in [-0.3, -0.25) is 14.8 Å². The molecule has 6 heterocycles. The zero-order chi connectivity index (χ0) is 43.1. The first-order chi connectivity index (χ1) is 26.8. The van der Waals surface area contributed by atoms with Crippen molar-refractivity contribution in [2.45, 2.75) is 147 Å². The number of rotatable bonds is 8. The molecule has 0 fully saturated rings. The molecule has 0 unspecified atom stereocenters. The van der Waals surface area contributed by atoms with Gasteiger partial charge in [0.2, 0.25) is 0 Å². The molecule has 0 saturated carbocycles. The van der Waals surface area contributed by atoms with Crippen molar-refractivity contribution >= 4 is 12.0 Å². The van der Waals surface area contributed by atoms with Gasteiger partial charge in [-0.2, -0.15) is 15.2 Å². The van der Waals surface area contributed by atoms with Crippen LogP contribution in [0.5, 0.6) is 0 Å². The maximum atomic E-state index is 11.2. The lowest BCUT2D eigenvalue weighted by atomic mass is 10.2. The Bertz CT molecular complexity index is 1840. The molecule has 0 aliphatic rings. The third-order valence-corrected chi connectivity index (χ3v) is 6.80. The van der Waals surface area contributed by atoms with Crippen molar-refractivity contribution in [3.8, 4) is 0 Å². The Hall–Kier alpha value is -5.74. The van der Waals surface area contributed by atoms with Gasteiger partial charge in [0, 0.05) is 54.6 Å². The zero-order valence-corrected chi connectivity index (χ0v) is 36.7. The highest BCUT2D eigenvalue weighted by Gasteiger charge is 2.08. The summed E-state index contributed by atoms with van der Waals surface area (Å²) in [5, 5.41) is 25.0. The molecule has 17 nitrogen and oxygen atoms in total. The average molecular weight is 792 g/mol. The second kappa shape index (κ2) is 26.2. The van der Waals surface area contributed by atoms with E-state index in [1.54, 1.807) is 41.7 Å². The number of H-pyrrole nitrogens is 1. The smallest absolute Gasteiger partial charge is 0.339 e. The molecule has 0 amide bonds. The van der Waals surface area contributed by atoms with Crippen LogP contribution in [0.1, 0.15) is 152 Å². The molecule has 6 aromatic rings. The van der Waals surface area contributed by atoms with Gasteiger partial charge in [-0.05, 0) is 95.2 Å². The lowest BCUT2D eigenvalue weighted by Gasteiger charge is -2.06. The zero-order valence-electron chi connectivity index (χ0n) is 36.7. The summed E-state index contributed by atoms with van der Waals surface area (Å²) in [4.78, 5) is 27.4. The van der Waals surface area contributed by atoms with Crippen molar-refractivity contribution < 1.29 is 18.5 Å². The van der Waals surface area contributed by atoms with Crippen molar-refractivity contribution in [1.82, 2.24) is 60.1 Å². The van der Waals surface area contributed by atoms with Gasteiger partial charge in [0.05, 0.1) is 29.8 Å². The van der Waals surface area contributed by atoms with Crippen molar-refractivity contribution in [1.29, 1.82) is 0 Å². The molecule has 0 radical (unpaired) electrons. The Morgan fingerprint density at radius 1 is 0.842 bits per heavy atom. The number of aromatic amines is 1. The number of hydrogen-bond acceptors (Lipinski definition) is 14. The SMILES string of the molecule is CC(C)OC(=O)c1cccnc1.CC(C)c1ccno1.CC(C)n1ccnn1.Cc1coc(NC(C)C)n1.Cc1nc(C(C)C)n[nH]1.Cc1nc(C)n(C(C)C)n1. The number of nitrogens with zero attached hydrogens (tertiary/aromatic N) is 11. The fraction of sp³-hybridized carbons (Fsp3) is 0.550. The number of anilines is 1. The quantitative estimate of drug-likeness (QED) is 0.138. The number of oxazole rings is 1. The molecule has 0 atom stereocenters. The van der Waals surface area contributed by atoms with E-state index >= 15 is 0 Å². The van der Waals surface area contributed by atoms with E-state index in [0.717, 1.165) is 34.8 Å². The normalized spacial score (nSPS) is 10.4. The maximum absolute atomic E-state index is 11.2. The van der Waals surface area contributed by atoms with Gasteiger partial charge in [0.15, 0.2) is 5.82 Å². The van der Waals surface area contributed by atoms with E-state index in [9.17, 15) is 4.79 Å². The average Bonchev–Trinajstić information content (AvgIpc) is 3.99. The van der Waals surface area contributed by atoms with E-state index < -0.39 is 0 Å². The molecule has 0 aromatic carbocycles. The summed E-state index contributed by atoms with van der Waals surface area (Å²) in [6.45, 7) is 32.0. The third kappa shape index (κ3) is 21.2. The summed E-state index contributed by atoms with van der Waals surface area (Å²) in [6.07, 6.45) is 9.85. The van der Waals surface area contributed by atoms with Gasteiger partial charge < -0.3 is 19.0 Å². The van der Waals surface area contributed by atoms with E-state index in [0.29, 0.717) is 41.5 Å². The molecule has 2 N–H and O–H groups in total. The number of ether oxygens (including phenoxy) is 1. The number of esters is 1. The minimum Gasteiger partial charge on any atom is -0.459 e. The largest absolute Gasteiger partial charge is 0.459 e. The van der Waals surface area contributed by atoms with Crippen LogP contribution in [-0.4, -0.2) is 78.2 Å². The number of aromatic nitrogens is 12. The van der Waals surface area contributed by atoms with Crippen LogP contribution < -0.4 is 5.32 Å². The van der Waals surface area contributed by atoms with E-state index in [4.69, 9.17) is 13.7 Å². The minimum absolute atomic E-state index is 0.0855. The molecule has 17 heteroatoms. The van der Waals surface area contributed by atoms with Crippen LogP contribution in [0.3, 0.4) is 0 Å². The second-order valence-corrected chi connectivity index (χ2v) is 14.5. The number of pyridine rings is 1. The molecule has 57 heavy (non-hydrogen) atoms. The number of aryl methyl sites for hydroxylation is 4. The summed E-state index contributed by atoms with van der Waals surface area (Å²) >= 11 is 0. The van der Waals surface area contributed by atoms with E-state index in [1.165, 1.54) is 6.20 Å². The van der Waals surface area contributed by atoms with Gasteiger partial charge in [-0.25, -0.2) is 19.4 Å². The van der Waals surface area contributed by atoms with Crippen molar-refractivity contribution in [2.24, 2.45) is 0 Å². The van der Waals surface area contributed by atoms with Gasteiger partial charge in [0.1, 0.15) is 29.5 Å². The topological polar surface area (TPSA) is 206 Å². The van der Waals surface area contributed by atoms with E-state index in [2.05, 4.69) is 111 Å². The number of nitrogens with one attached hydrogen (secondary N) is 2. The maximum Gasteiger partial charge on any atom is 0.339 e. The molecule has 314 valence electrons. The molecule has 0 aliphatic carbocycles. The predicted octanol–water partition coefficient (Wildman–Crippen LogP) is 8.82. The molecule has 0 saturated heterocycles. The lowest BCUT2D eigenvalue weighted by molar-refractivity contribution is 0.0377. The minimum atomic E-state index is -0.321. The first-order valence-electron chi connectivity index (χ1n) is 19.1. The van der Waals surface area contributed by atoms with Crippen LogP contribution in [0.4, 0.5) is 6.01 Å². The summed E-state index contributed by atoms with van der Waals surface area (Å²) in [5.74, 6) is 5.14. The Kier molecular flexibility index (Phi) is 22.6. The lowest BCUT2D eigenvalue weighted by Crippen LogP contribution is -2.11. The van der Waals surface area contributed by atoms with Crippen LogP contribution in [0.15, 0.2) is 64.4 Å². The van der Waals surface area contributed by atoms with Gasteiger partial charge in [0.25, 0.3) is 6.01 Å². The Labute approximate surface area is 337 Å². The summed E-state index contributed by atoms with van der Waals surface area (Å²) in [7, 11) is 0. The molecule has 0 bridgehead atoms. The third-order valence-electron chi connectivity index (χ3n) is 6.80. The summed E-state index contributed by atoms with van der Waals surface area (Å²) in [5.41, 5.74) is 1.40. The number of carbonyl (C=O) groups is 1. The standard InChI is InChI=1S/C9H11NO2.C7H13N3.C7H12N2O.C6H11N3.C6H9NO.C5H9N3/c1-7(2)12-9(11)8-4-3-5-10-6-8;1-5(2)10-7(4)8-6(3)9-10;1-5(2)8-7-9-6(3)4-10-7;1-4(2)6-7-5(3)8-9-6;1-5(2)6-3-4-7-8-6;1-5(2)8-4-3-6-7-8/h3-7H,1-2H3;5H,1-4H3;4-5H,1-3H3,(H,8,9);4H,1-3H3,(H,7,8,9);2*3-5H,1-2H3. The predicted molar refractivity (Wildman–Crippen MR) is 221 cm³/mol. The van der Waals surface area contributed by atoms with Crippen LogP contribution in [0.25, 0.3) is 0 Å². The highest BCUT2D eigenvalue weighted by atomic mass is 16.5. The van der Waals surface area contributed by atoms with Crippen LogP contribution >= 0.6 is 0 Å². The van der Waals surface area contributed by atoms with Crippen molar-refractivity contribution in [3.63, 3.8) is 0 Å². The summed E-state index contributed by atoms with van der Waals surface area (Å²) < 4.78 is 18.6. The molecule has 0 spiro atoms. The Morgan fingerprint density at radius 2 is 1.54 bits per heavy atom. The fourth-order valence-electron chi connectivity index (χ4n) is 4.09. The highest BCUT2D eigenvalue weighted by Crippen LogP contribution is 2.11. The first kappa shape index (κ1) is 49.3. The van der Waals surface area contributed by atoms with Gasteiger partial charge in [-0.1, -0.05) is 38.1 Å². The van der Waals surface area contributed by atoms with Crippen molar-refractivity contribution in [2.75, 3.05) is 5.32 Å². The van der Waals surface area contributed by atoms with Crippen LogP contribution in [0, 0.1) is 27.7 Å². The highest BCUT2D eigenvalue weighted by molar-refractivity contribution is 5.88. The number of hydrogen-bond donors (Lipinski definition) is 2. The first-order valence-corrected chi connectivity index (χ1v) is 19.1. The summed E-state index contributed by atoms with van der Waals surface area (Å²) in [6, 6.07) is 7.09. The van der Waals surface area contributed by atoms with Gasteiger partial charge in [-0.15, -0.1) is 5.10 Å². The van der Waals surface area contributed by atoms with E-state index in [1.807, 2.05) is 72.3 Å². The van der Waals surface area contributed by atoms with Crippen LogP contribution in [-0.2, 0) is 4.74 Å². The molecule has 0 aliphatic heterocycles. The Balaban J connectivity index is 0.000000344. The molecular formula is C40H65N13O4. The van der Waals surface area contributed by atoms with Crippen molar-refractivity contribution in [3.05, 3.63) is 95.8 Å². The van der Waals surface area contributed by atoms with Gasteiger partial charge >= 0.3 is 5.97 Å². The fourth-order valence-corrected chi connectivity index (χ4v) is 4.09. The number of carbonyl (C=O) groups excluding carboxylic acids is 1. The molecule has 6 aromatic heterocycles.